The molecule has 4 rings (SSSR count). The number of piperidine rings is 1. The molecule has 120 valence electrons. The van der Waals surface area contributed by atoms with Crippen molar-refractivity contribution in [2.24, 2.45) is 11.3 Å². The molecule has 1 N–H and O–H groups in total. The van der Waals surface area contributed by atoms with E-state index in [1.807, 2.05) is 0 Å². The quantitative estimate of drug-likeness (QED) is 0.933. The predicted molar refractivity (Wildman–Crippen MR) is 77.5 cm³/mol. The molecule has 2 aliphatic rings. The lowest BCUT2D eigenvalue weighted by Gasteiger charge is -2.32. The first-order valence-electron chi connectivity index (χ1n) is 7.62. The number of hydrogen-bond donors (Lipinski definition) is 1. The Morgan fingerprint density at radius 3 is 2.70 bits per heavy atom. The minimum atomic E-state index is -0.718. The number of rotatable bonds is 3. The fraction of sp³-hybridized carbons (Fsp3) is 0.438. The molecule has 0 bridgehead atoms. The van der Waals surface area contributed by atoms with E-state index in [0.29, 0.717) is 24.6 Å². The Kier molecular flexibility index (Phi) is 3.04. The molecule has 3 heterocycles. The van der Waals surface area contributed by atoms with Gasteiger partial charge in [0, 0.05) is 19.2 Å². The van der Waals surface area contributed by atoms with Crippen molar-refractivity contribution in [1.82, 2.24) is 10.1 Å². The number of carboxylic acids is 1. The van der Waals surface area contributed by atoms with Crippen molar-refractivity contribution in [3.05, 3.63) is 30.2 Å². The molecular formula is C16H16N2O5. The molecule has 2 aromatic rings. The molecule has 0 aromatic carbocycles. The molecule has 0 radical (unpaired) electrons. The Morgan fingerprint density at radius 2 is 2.09 bits per heavy atom. The second-order valence-corrected chi connectivity index (χ2v) is 6.30. The summed E-state index contributed by atoms with van der Waals surface area (Å²) in [6.45, 7) is 1.12. The molecule has 1 aliphatic carbocycles. The Balaban J connectivity index is 1.42. The minimum absolute atomic E-state index is 0.0915. The number of hydrogen-bond acceptors (Lipinski definition) is 5. The maximum absolute atomic E-state index is 12.5. The van der Waals surface area contributed by atoms with E-state index in [4.69, 9.17) is 14.0 Å². The van der Waals surface area contributed by atoms with Gasteiger partial charge in [0.05, 0.1) is 12.2 Å². The number of aliphatic carboxylic acids is 1. The highest BCUT2D eigenvalue weighted by Crippen LogP contribution is 2.59. The molecule has 23 heavy (non-hydrogen) atoms. The van der Waals surface area contributed by atoms with Gasteiger partial charge in [0.1, 0.15) is 0 Å². The number of carbonyl (C=O) groups excluding carboxylic acids is 1. The van der Waals surface area contributed by atoms with Crippen LogP contribution in [0.25, 0.3) is 11.5 Å². The number of furan rings is 1. The van der Waals surface area contributed by atoms with Crippen LogP contribution in [0.2, 0.25) is 0 Å². The molecule has 1 aliphatic heterocycles. The Morgan fingerprint density at radius 1 is 1.30 bits per heavy atom. The summed E-state index contributed by atoms with van der Waals surface area (Å²) >= 11 is 0. The Labute approximate surface area is 131 Å². The average Bonchev–Trinajstić information content (AvgIpc) is 2.98. The van der Waals surface area contributed by atoms with E-state index < -0.39 is 5.97 Å². The number of likely N-dealkylation sites (tertiary alicyclic amines) is 1. The monoisotopic (exact) mass is 316 g/mol. The maximum Gasteiger partial charge on any atom is 0.307 e. The molecule has 7 heteroatoms. The standard InChI is InChI=1S/C16H16N2O5/c19-14(11-8-13(23-17-11)12-2-1-7-22-12)18-5-3-16(4-6-18)9-10(16)15(20)21/h1-2,7-8,10H,3-6,9H2,(H,20,21). The van der Waals surface area contributed by atoms with Gasteiger partial charge in [-0.05, 0) is 36.8 Å². The molecule has 2 aromatic heterocycles. The van der Waals surface area contributed by atoms with E-state index in [1.54, 1.807) is 23.1 Å². The Hall–Kier alpha value is -2.57. The maximum atomic E-state index is 12.5. The number of aromatic nitrogens is 1. The molecule has 1 saturated carbocycles. The highest BCUT2D eigenvalue weighted by Gasteiger charge is 2.59. The lowest BCUT2D eigenvalue weighted by Crippen LogP contribution is -2.40. The smallest absolute Gasteiger partial charge is 0.307 e. The van der Waals surface area contributed by atoms with Crippen LogP contribution in [0.4, 0.5) is 0 Å². The van der Waals surface area contributed by atoms with Gasteiger partial charge in [-0.1, -0.05) is 5.16 Å². The van der Waals surface area contributed by atoms with Crippen molar-refractivity contribution < 1.29 is 23.6 Å². The van der Waals surface area contributed by atoms with Crippen LogP contribution in [0.1, 0.15) is 29.8 Å². The van der Waals surface area contributed by atoms with Gasteiger partial charge in [-0.25, -0.2) is 0 Å². The zero-order valence-corrected chi connectivity index (χ0v) is 12.4. The lowest BCUT2D eigenvalue weighted by atomic mass is 9.90. The molecular weight excluding hydrogens is 300 g/mol. The summed E-state index contributed by atoms with van der Waals surface area (Å²) in [5.74, 6) is -0.202. The topological polar surface area (TPSA) is 96.8 Å². The third kappa shape index (κ3) is 2.32. The zero-order chi connectivity index (χ0) is 16.0. The first-order chi connectivity index (χ1) is 11.1. The molecule has 1 atom stereocenters. The zero-order valence-electron chi connectivity index (χ0n) is 12.4. The summed E-state index contributed by atoms with van der Waals surface area (Å²) in [5, 5.41) is 12.9. The van der Waals surface area contributed by atoms with Crippen LogP contribution in [0, 0.1) is 11.3 Å². The van der Waals surface area contributed by atoms with E-state index >= 15 is 0 Å². The molecule has 2 fully saturated rings. The van der Waals surface area contributed by atoms with Gasteiger partial charge >= 0.3 is 5.97 Å². The second kappa shape index (κ2) is 4.97. The van der Waals surface area contributed by atoms with Crippen LogP contribution < -0.4 is 0 Å². The fourth-order valence-electron chi connectivity index (χ4n) is 3.48. The lowest BCUT2D eigenvalue weighted by molar-refractivity contribution is -0.139. The van der Waals surface area contributed by atoms with Crippen molar-refractivity contribution in [3.63, 3.8) is 0 Å². The van der Waals surface area contributed by atoms with Crippen molar-refractivity contribution >= 4 is 11.9 Å². The van der Waals surface area contributed by atoms with Crippen LogP contribution >= 0.6 is 0 Å². The molecule has 1 spiro atoms. The molecule has 1 amide bonds. The van der Waals surface area contributed by atoms with E-state index in [0.717, 1.165) is 19.3 Å². The van der Waals surface area contributed by atoms with Crippen molar-refractivity contribution in [1.29, 1.82) is 0 Å². The second-order valence-electron chi connectivity index (χ2n) is 6.30. The van der Waals surface area contributed by atoms with Crippen LogP contribution in [0.5, 0.6) is 0 Å². The van der Waals surface area contributed by atoms with Crippen LogP contribution in [-0.4, -0.2) is 40.1 Å². The molecule has 1 unspecified atom stereocenters. The van der Waals surface area contributed by atoms with Crippen LogP contribution in [-0.2, 0) is 4.79 Å². The number of carbonyl (C=O) groups is 2. The van der Waals surface area contributed by atoms with Crippen molar-refractivity contribution in [2.75, 3.05) is 13.1 Å². The Bertz CT molecular complexity index is 740. The third-order valence-corrected chi connectivity index (χ3v) is 5.03. The fourth-order valence-corrected chi connectivity index (χ4v) is 3.48. The number of carboxylic acid groups (broad SMARTS) is 1. The predicted octanol–water partition coefficient (Wildman–Crippen LogP) is 2.26. The van der Waals surface area contributed by atoms with Crippen molar-refractivity contribution in [3.8, 4) is 11.5 Å². The summed E-state index contributed by atoms with van der Waals surface area (Å²) in [6, 6.07) is 5.04. The van der Waals surface area contributed by atoms with Gasteiger partial charge in [0.2, 0.25) is 5.76 Å². The summed E-state index contributed by atoms with van der Waals surface area (Å²) in [6.07, 6.45) is 3.73. The summed E-state index contributed by atoms with van der Waals surface area (Å²) in [4.78, 5) is 25.3. The molecule has 1 saturated heterocycles. The first kappa shape index (κ1) is 14.0. The van der Waals surface area contributed by atoms with E-state index in [2.05, 4.69) is 5.16 Å². The van der Waals surface area contributed by atoms with Gasteiger partial charge in [-0.2, -0.15) is 0 Å². The number of nitrogens with zero attached hydrogens (tertiary/aromatic N) is 2. The van der Waals surface area contributed by atoms with Gasteiger partial charge in [-0.3, -0.25) is 9.59 Å². The third-order valence-electron chi connectivity index (χ3n) is 5.03. The highest BCUT2D eigenvalue weighted by molar-refractivity contribution is 5.93. The summed E-state index contributed by atoms with van der Waals surface area (Å²) in [5.41, 5.74) is 0.157. The SMILES string of the molecule is O=C(O)C1CC12CCN(C(=O)c1cc(-c3ccco3)on1)CC2. The van der Waals surface area contributed by atoms with E-state index in [-0.39, 0.29) is 22.9 Å². The van der Waals surface area contributed by atoms with Gasteiger partial charge in [0.25, 0.3) is 5.91 Å². The van der Waals surface area contributed by atoms with Gasteiger partial charge < -0.3 is 18.9 Å². The first-order valence-corrected chi connectivity index (χ1v) is 7.62. The summed E-state index contributed by atoms with van der Waals surface area (Å²) in [7, 11) is 0. The van der Waals surface area contributed by atoms with Crippen molar-refractivity contribution in [2.45, 2.75) is 19.3 Å². The van der Waals surface area contributed by atoms with E-state index in [1.165, 1.54) is 6.26 Å². The normalized spacial score (nSPS) is 22.3. The van der Waals surface area contributed by atoms with Gasteiger partial charge in [0.15, 0.2) is 11.5 Å². The van der Waals surface area contributed by atoms with E-state index in [9.17, 15) is 9.59 Å². The van der Waals surface area contributed by atoms with Crippen LogP contribution in [0.3, 0.4) is 0 Å². The minimum Gasteiger partial charge on any atom is -0.481 e. The van der Waals surface area contributed by atoms with Gasteiger partial charge in [-0.15, -0.1) is 0 Å². The highest BCUT2D eigenvalue weighted by atomic mass is 16.5. The number of amides is 1. The summed E-state index contributed by atoms with van der Waals surface area (Å²) < 4.78 is 10.4. The largest absolute Gasteiger partial charge is 0.481 e. The average molecular weight is 316 g/mol. The molecule has 7 nitrogen and oxygen atoms in total. The van der Waals surface area contributed by atoms with Crippen LogP contribution in [0.15, 0.2) is 33.4 Å².